The average Bonchev–Trinajstić information content (AvgIpc) is 2.34. The van der Waals surface area contributed by atoms with Gasteiger partial charge in [0.25, 0.3) is 0 Å². The first-order valence-electron chi connectivity index (χ1n) is 7.01. The molecule has 1 aromatic rings. The molecule has 19 heavy (non-hydrogen) atoms. The average molecular weight is 264 g/mol. The van der Waals surface area contributed by atoms with Crippen molar-refractivity contribution >= 4 is 5.69 Å². The third-order valence-corrected chi connectivity index (χ3v) is 3.01. The Bertz CT molecular complexity index is 357. The number of nitrogens with two attached hydrogens (primary N) is 1. The zero-order valence-electron chi connectivity index (χ0n) is 12.9. The van der Waals surface area contributed by atoms with Gasteiger partial charge in [-0.05, 0) is 39.1 Å². The molecule has 0 radical (unpaired) electrons. The molecule has 0 saturated carbocycles. The Balaban J connectivity index is 2.77. The second kappa shape index (κ2) is 7.46. The van der Waals surface area contributed by atoms with Gasteiger partial charge in [-0.1, -0.05) is 13.8 Å². The van der Waals surface area contributed by atoms with Crippen LogP contribution in [-0.4, -0.2) is 43.6 Å². The molecule has 0 aliphatic carbocycles. The molecular weight excluding hydrogens is 236 g/mol. The van der Waals surface area contributed by atoms with Gasteiger partial charge in [-0.2, -0.15) is 0 Å². The van der Waals surface area contributed by atoms with Crippen LogP contribution in [0.2, 0.25) is 0 Å². The predicted octanol–water partition coefficient (Wildman–Crippen LogP) is 2.13. The molecule has 0 aliphatic heterocycles. The summed E-state index contributed by atoms with van der Waals surface area (Å²) in [4.78, 5) is 9.05. The first-order chi connectivity index (χ1) is 8.90. The van der Waals surface area contributed by atoms with Crippen molar-refractivity contribution in [3.63, 3.8) is 0 Å². The van der Waals surface area contributed by atoms with E-state index in [1.165, 1.54) is 5.69 Å². The maximum absolute atomic E-state index is 5.84. The van der Waals surface area contributed by atoms with Crippen molar-refractivity contribution in [2.45, 2.75) is 26.8 Å². The topological polar surface area (TPSA) is 45.4 Å². The maximum atomic E-state index is 5.84. The van der Waals surface area contributed by atoms with E-state index in [-0.39, 0.29) is 6.04 Å². The van der Waals surface area contributed by atoms with Crippen LogP contribution in [0.1, 0.15) is 32.5 Å². The van der Waals surface area contributed by atoms with Gasteiger partial charge in [-0.3, -0.25) is 4.98 Å². The van der Waals surface area contributed by atoms with Crippen LogP contribution in [0.15, 0.2) is 18.3 Å². The second-order valence-corrected chi connectivity index (χ2v) is 5.87. The summed E-state index contributed by atoms with van der Waals surface area (Å²) < 4.78 is 0. The first kappa shape index (κ1) is 15.9. The maximum Gasteiger partial charge on any atom is 0.0569 e. The molecule has 4 nitrogen and oxygen atoms in total. The highest BCUT2D eigenvalue weighted by molar-refractivity contribution is 5.44. The van der Waals surface area contributed by atoms with Gasteiger partial charge >= 0.3 is 0 Å². The summed E-state index contributed by atoms with van der Waals surface area (Å²) in [7, 11) is 4.20. The van der Waals surface area contributed by atoms with E-state index in [1.807, 2.05) is 19.2 Å². The fourth-order valence-corrected chi connectivity index (χ4v) is 1.94. The number of aromatic nitrogens is 1. The Hall–Kier alpha value is -1.13. The Kier molecular flexibility index (Phi) is 6.25. The van der Waals surface area contributed by atoms with Crippen LogP contribution < -0.4 is 10.6 Å². The Morgan fingerprint density at radius 2 is 1.84 bits per heavy atom. The molecule has 1 heterocycles. The van der Waals surface area contributed by atoms with Gasteiger partial charge in [0.2, 0.25) is 0 Å². The summed E-state index contributed by atoms with van der Waals surface area (Å²) >= 11 is 0. The van der Waals surface area contributed by atoms with Crippen molar-refractivity contribution in [2.24, 2.45) is 11.7 Å². The Morgan fingerprint density at radius 1 is 1.16 bits per heavy atom. The standard InChI is InChI=1S/C15H28N4/c1-12(2)11-19(9-8-18(4)5)14-6-7-15(13(3)16)17-10-14/h6-7,10,12-13H,8-9,11,16H2,1-5H3/t13-/m1/s1. The number of rotatable bonds is 7. The van der Waals surface area contributed by atoms with Crippen molar-refractivity contribution in [2.75, 3.05) is 38.6 Å². The van der Waals surface area contributed by atoms with E-state index in [1.54, 1.807) is 0 Å². The Morgan fingerprint density at radius 3 is 2.26 bits per heavy atom. The molecule has 4 heteroatoms. The van der Waals surface area contributed by atoms with E-state index in [4.69, 9.17) is 5.73 Å². The molecule has 1 rings (SSSR count). The smallest absolute Gasteiger partial charge is 0.0569 e. The molecule has 1 atom stereocenters. The third kappa shape index (κ3) is 5.57. The van der Waals surface area contributed by atoms with Crippen LogP contribution in [0.25, 0.3) is 0 Å². The molecular formula is C15H28N4. The SMILES string of the molecule is CC(C)CN(CCN(C)C)c1ccc([C@@H](C)N)nc1. The highest BCUT2D eigenvalue weighted by Crippen LogP contribution is 2.16. The van der Waals surface area contributed by atoms with Gasteiger partial charge in [-0.25, -0.2) is 0 Å². The van der Waals surface area contributed by atoms with E-state index in [2.05, 4.69) is 48.8 Å². The Labute approximate surface area is 117 Å². The molecule has 0 aromatic carbocycles. The molecule has 0 unspecified atom stereocenters. The lowest BCUT2D eigenvalue weighted by Gasteiger charge is -2.28. The first-order valence-corrected chi connectivity index (χ1v) is 7.01. The predicted molar refractivity (Wildman–Crippen MR) is 82.4 cm³/mol. The largest absolute Gasteiger partial charge is 0.369 e. The van der Waals surface area contributed by atoms with E-state index in [0.29, 0.717) is 5.92 Å². The van der Waals surface area contributed by atoms with E-state index in [9.17, 15) is 0 Å². The molecule has 0 aliphatic rings. The van der Waals surface area contributed by atoms with Crippen molar-refractivity contribution in [1.29, 1.82) is 0 Å². The van der Waals surface area contributed by atoms with Crippen LogP contribution in [0.3, 0.4) is 0 Å². The van der Waals surface area contributed by atoms with Gasteiger partial charge in [0.15, 0.2) is 0 Å². The molecule has 2 N–H and O–H groups in total. The molecule has 0 bridgehead atoms. The fraction of sp³-hybridized carbons (Fsp3) is 0.667. The zero-order chi connectivity index (χ0) is 14.4. The molecule has 108 valence electrons. The number of nitrogens with zero attached hydrogens (tertiary/aromatic N) is 3. The summed E-state index contributed by atoms with van der Waals surface area (Å²) in [5, 5.41) is 0. The van der Waals surface area contributed by atoms with Crippen LogP contribution in [0.4, 0.5) is 5.69 Å². The van der Waals surface area contributed by atoms with Gasteiger partial charge in [0.1, 0.15) is 0 Å². The lowest BCUT2D eigenvalue weighted by molar-refractivity contribution is 0.409. The second-order valence-electron chi connectivity index (χ2n) is 5.87. The monoisotopic (exact) mass is 264 g/mol. The minimum Gasteiger partial charge on any atom is -0.369 e. The number of likely N-dealkylation sites (N-methyl/N-ethyl adjacent to an activating group) is 1. The minimum atomic E-state index is -0.00521. The highest BCUT2D eigenvalue weighted by Gasteiger charge is 2.10. The van der Waals surface area contributed by atoms with E-state index < -0.39 is 0 Å². The summed E-state index contributed by atoms with van der Waals surface area (Å²) in [5.41, 5.74) is 7.96. The molecule has 1 aromatic heterocycles. The van der Waals surface area contributed by atoms with Gasteiger partial charge in [0.05, 0.1) is 17.6 Å². The summed E-state index contributed by atoms with van der Waals surface area (Å²) in [6.45, 7) is 9.55. The molecule has 0 saturated heterocycles. The van der Waals surface area contributed by atoms with Crippen molar-refractivity contribution < 1.29 is 0 Å². The van der Waals surface area contributed by atoms with Crippen LogP contribution in [0.5, 0.6) is 0 Å². The van der Waals surface area contributed by atoms with E-state index in [0.717, 1.165) is 25.3 Å². The number of pyridine rings is 1. The van der Waals surface area contributed by atoms with Gasteiger partial charge in [0, 0.05) is 25.7 Å². The quantitative estimate of drug-likeness (QED) is 0.819. The van der Waals surface area contributed by atoms with Crippen LogP contribution >= 0.6 is 0 Å². The summed E-state index contributed by atoms with van der Waals surface area (Å²) in [5.74, 6) is 0.635. The molecule has 0 amide bonds. The number of hydrogen-bond donors (Lipinski definition) is 1. The summed E-state index contributed by atoms with van der Waals surface area (Å²) in [6.07, 6.45) is 1.94. The molecule has 0 fully saturated rings. The van der Waals surface area contributed by atoms with Gasteiger partial charge < -0.3 is 15.5 Å². The third-order valence-electron chi connectivity index (χ3n) is 3.01. The van der Waals surface area contributed by atoms with E-state index >= 15 is 0 Å². The minimum absolute atomic E-state index is 0.00521. The fourth-order valence-electron chi connectivity index (χ4n) is 1.94. The van der Waals surface area contributed by atoms with Crippen molar-refractivity contribution in [1.82, 2.24) is 9.88 Å². The van der Waals surface area contributed by atoms with Crippen molar-refractivity contribution in [3.05, 3.63) is 24.0 Å². The number of anilines is 1. The van der Waals surface area contributed by atoms with Crippen LogP contribution in [-0.2, 0) is 0 Å². The normalized spacial score (nSPS) is 13.1. The van der Waals surface area contributed by atoms with Gasteiger partial charge in [-0.15, -0.1) is 0 Å². The molecule has 0 spiro atoms. The van der Waals surface area contributed by atoms with Crippen molar-refractivity contribution in [3.8, 4) is 0 Å². The lowest BCUT2D eigenvalue weighted by Crippen LogP contribution is -2.34. The number of hydrogen-bond acceptors (Lipinski definition) is 4. The van der Waals surface area contributed by atoms with Crippen LogP contribution in [0, 0.1) is 5.92 Å². The zero-order valence-corrected chi connectivity index (χ0v) is 12.9. The lowest BCUT2D eigenvalue weighted by atomic mass is 10.2. The highest BCUT2D eigenvalue weighted by atomic mass is 15.2. The summed E-state index contributed by atoms with van der Waals surface area (Å²) in [6, 6.07) is 4.15.